The van der Waals surface area contributed by atoms with E-state index in [4.69, 9.17) is 4.74 Å². The van der Waals surface area contributed by atoms with Crippen molar-refractivity contribution in [1.29, 1.82) is 0 Å². The van der Waals surface area contributed by atoms with Crippen molar-refractivity contribution < 1.29 is 9.53 Å². The number of ether oxygens (including phenoxy) is 1. The molecule has 0 spiro atoms. The number of rotatable bonds is 6. The van der Waals surface area contributed by atoms with Crippen LogP contribution in [0, 0.1) is 6.92 Å². The summed E-state index contributed by atoms with van der Waals surface area (Å²) >= 11 is 4.89. The molecule has 2 aromatic carbocycles. The Labute approximate surface area is 159 Å². The molecule has 4 nitrogen and oxygen atoms in total. The molecule has 1 N–H and O–H groups in total. The molecule has 1 heterocycles. The number of carbonyl (C=O) groups is 1. The van der Waals surface area contributed by atoms with E-state index in [0.717, 1.165) is 26.6 Å². The molecule has 25 heavy (non-hydrogen) atoms. The number of benzene rings is 2. The van der Waals surface area contributed by atoms with Gasteiger partial charge in [0.2, 0.25) is 5.91 Å². The van der Waals surface area contributed by atoms with Crippen LogP contribution in [0.25, 0.3) is 0 Å². The molecule has 3 aromatic rings. The first-order valence-electron chi connectivity index (χ1n) is 7.77. The Hall–Kier alpha value is -2.18. The number of nitrogens with zero attached hydrogens (tertiary/aromatic N) is 1. The van der Waals surface area contributed by atoms with Gasteiger partial charge >= 0.3 is 0 Å². The first kappa shape index (κ1) is 17.6. The number of hydrogen-bond donors (Lipinski definition) is 1. The van der Waals surface area contributed by atoms with Crippen LogP contribution in [0.15, 0.2) is 58.4 Å². The molecule has 0 radical (unpaired) electrons. The molecular formula is C19H17BrN2O2S. The summed E-state index contributed by atoms with van der Waals surface area (Å²) in [7, 11) is 0. The van der Waals surface area contributed by atoms with Crippen LogP contribution >= 0.6 is 27.3 Å². The largest absolute Gasteiger partial charge is 0.486 e. The van der Waals surface area contributed by atoms with E-state index in [0.29, 0.717) is 6.61 Å². The highest BCUT2D eigenvalue weighted by molar-refractivity contribution is 9.10. The van der Waals surface area contributed by atoms with E-state index in [1.54, 1.807) is 0 Å². The topological polar surface area (TPSA) is 51.2 Å². The number of thiazole rings is 1. The molecule has 1 aromatic heterocycles. The van der Waals surface area contributed by atoms with Crippen LogP contribution < -0.4 is 10.1 Å². The van der Waals surface area contributed by atoms with Gasteiger partial charge in [-0.15, -0.1) is 11.3 Å². The highest BCUT2D eigenvalue weighted by atomic mass is 79.9. The van der Waals surface area contributed by atoms with E-state index >= 15 is 0 Å². The van der Waals surface area contributed by atoms with Crippen molar-refractivity contribution in [2.75, 3.05) is 5.32 Å². The summed E-state index contributed by atoms with van der Waals surface area (Å²) in [5.74, 6) is 0.726. The lowest BCUT2D eigenvalue weighted by molar-refractivity contribution is -0.115. The number of nitrogens with one attached hydrogen (secondary N) is 1. The monoisotopic (exact) mass is 416 g/mol. The Morgan fingerprint density at radius 1 is 1.24 bits per heavy atom. The molecule has 0 aliphatic carbocycles. The third-order valence-electron chi connectivity index (χ3n) is 3.43. The fourth-order valence-electron chi connectivity index (χ4n) is 2.21. The highest BCUT2D eigenvalue weighted by Crippen LogP contribution is 2.18. The zero-order chi connectivity index (χ0) is 17.6. The molecule has 6 heteroatoms. The van der Waals surface area contributed by atoms with E-state index in [2.05, 4.69) is 26.2 Å². The zero-order valence-electron chi connectivity index (χ0n) is 13.7. The standard InChI is InChI=1S/C19H17BrN2O2S/c1-13-5-7-17(8-6-13)24-11-19-22-16(12-25-19)10-18(23)21-15-4-2-3-14(20)9-15/h2-9,12H,10-11H2,1H3,(H,21,23). The highest BCUT2D eigenvalue weighted by Gasteiger charge is 2.09. The first-order chi connectivity index (χ1) is 12.1. The summed E-state index contributed by atoms with van der Waals surface area (Å²) in [5.41, 5.74) is 2.71. The van der Waals surface area contributed by atoms with Gasteiger partial charge in [-0.05, 0) is 37.3 Å². The normalized spacial score (nSPS) is 10.5. The van der Waals surface area contributed by atoms with Crippen LogP contribution in [-0.2, 0) is 17.8 Å². The minimum absolute atomic E-state index is 0.0885. The summed E-state index contributed by atoms with van der Waals surface area (Å²) in [5, 5.41) is 5.62. The Kier molecular flexibility index (Phi) is 5.83. The molecule has 3 rings (SSSR count). The second-order valence-electron chi connectivity index (χ2n) is 5.57. The van der Waals surface area contributed by atoms with Crippen LogP contribution in [0.3, 0.4) is 0 Å². The zero-order valence-corrected chi connectivity index (χ0v) is 16.1. The number of anilines is 1. The fourth-order valence-corrected chi connectivity index (χ4v) is 3.32. The van der Waals surface area contributed by atoms with Crippen LogP contribution in [0.4, 0.5) is 5.69 Å². The van der Waals surface area contributed by atoms with Gasteiger partial charge in [0.05, 0.1) is 12.1 Å². The fraction of sp³-hybridized carbons (Fsp3) is 0.158. The van der Waals surface area contributed by atoms with Crippen LogP contribution in [0.1, 0.15) is 16.3 Å². The van der Waals surface area contributed by atoms with Crippen molar-refractivity contribution in [2.24, 2.45) is 0 Å². The van der Waals surface area contributed by atoms with E-state index in [1.165, 1.54) is 16.9 Å². The van der Waals surface area contributed by atoms with Crippen molar-refractivity contribution in [3.05, 3.63) is 74.6 Å². The maximum atomic E-state index is 12.1. The van der Waals surface area contributed by atoms with Gasteiger partial charge in [-0.3, -0.25) is 4.79 Å². The number of carbonyl (C=O) groups excluding carboxylic acids is 1. The Morgan fingerprint density at radius 2 is 2.04 bits per heavy atom. The van der Waals surface area contributed by atoms with Crippen molar-refractivity contribution in [1.82, 2.24) is 4.98 Å². The van der Waals surface area contributed by atoms with E-state index in [1.807, 2.05) is 60.8 Å². The minimum atomic E-state index is -0.0885. The Morgan fingerprint density at radius 3 is 2.80 bits per heavy atom. The lowest BCUT2D eigenvalue weighted by Crippen LogP contribution is -2.14. The molecule has 0 bridgehead atoms. The molecule has 0 atom stereocenters. The quantitative estimate of drug-likeness (QED) is 0.616. The molecule has 0 aliphatic heterocycles. The predicted octanol–water partition coefficient (Wildman–Crippen LogP) is 4.97. The smallest absolute Gasteiger partial charge is 0.230 e. The molecule has 0 saturated carbocycles. The van der Waals surface area contributed by atoms with Gasteiger partial charge in [0.15, 0.2) is 0 Å². The van der Waals surface area contributed by atoms with Gasteiger partial charge < -0.3 is 10.1 Å². The maximum Gasteiger partial charge on any atom is 0.230 e. The second kappa shape index (κ2) is 8.27. The molecular weight excluding hydrogens is 400 g/mol. The van der Waals surface area contributed by atoms with Crippen LogP contribution in [0.2, 0.25) is 0 Å². The summed E-state index contributed by atoms with van der Waals surface area (Å²) in [6.07, 6.45) is 0.244. The van der Waals surface area contributed by atoms with Gasteiger partial charge in [0.1, 0.15) is 17.4 Å². The summed E-state index contributed by atoms with van der Waals surface area (Å²) in [4.78, 5) is 16.6. The molecule has 0 saturated heterocycles. The van der Waals surface area contributed by atoms with Gasteiger partial charge in [-0.1, -0.05) is 39.7 Å². The van der Waals surface area contributed by atoms with Gasteiger partial charge in [0.25, 0.3) is 0 Å². The van der Waals surface area contributed by atoms with Crippen molar-refractivity contribution in [2.45, 2.75) is 20.0 Å². The van der Waals surface area contributed by atoms with Gasteiger partial charge in [-0.2, -0.15) is 0 Å². The van der Waals surface area contributed by atoms with Crippen LogP contribution in [0.5, 0.6) is 5.75 Å². The maximum absolute atomic E-state index is 12.1. The van der Waals surface area contributed by atoms with Crippen molar-refractivity contribution in [3.8, 4) is 5.75 Å². The number of amides is 1. The van der Waals surface area contributed by atoms with Crippen molar-refractivity contribution in [3.63, 3.8) is 0 Å². The van der Waals surface area contributed by atoms with Gasteiger partial charge in [-0.25, -0.2) is 4.98 Å². The number of aromatic nitrogens is 1. The summed E-state index contributed by atoms with van der Waals surface area (Å²) < 4.78 is 6.64. The molecule has 128 valence electrons. The second-order valence-corrected chi connectivity index (χ2v) is 7.43. The lowest BCUT2D eigenvalue weighted by atomic mass is 10.2. The average molecular weight is 417 g/mol. The van der Waals surface area contributed by atoms with Crippen LogP contribution in [-0.4, -0.2) is 10.9 Å². The number of halogens is 1. The third kappa shape index (κ3) is 5.41. The van der Waals surface area contributed by atoms with E-state index < -0.39 is 0 Å². The SMILES string of the molecule is Cc1ccc(OCc2nc(CC(=O)Nc3cccc(Br)c3)cs2)cc1. The van der Waals surface area contributed by atoms with Gasteiger partial charge in [0, 0.05) is 15.5 Å². The van der Waals surface area contributed by atoms with Crippen molar-refractivity contribution >= 4 is 38.9 Å². The summed E-state index contributed by atoms with van der Waals surface area (Å²) in [6, 6.07) is 15.4. The Balaban J connectivity index is 1.52. The number of aryl methyl sites for hydroxylation is 1. The van der Waals surface area contributed by atoms with E-state index in [9.17, 15) is 4.79 Å². The average Bonchev–Trinajstić information content (AvgIpc) is 3.01. The Bertz CT molecular complexity index is 862. The molecule has 0 fully saturated rings. The molecule has 0 aliphatic rings. The lowest BCUT2D eigenvalue weighted by Gasteiger charge is -2.05. The minimum Gasteiger partial charge on any atom is -0.486 e. The first-order valence-corrected chi connectivity index (χ1v) is 9.44. The number of hydrogen-bond acceptors (Lipinski definition) is 4. The third-order valence-corrected chi connectivity index (χ3v) is 4.80. The molecule has 0 unspecified atom stereocenters. The molecule has 1 amide bonds. The van der Waals surface area contributed by atoms with E-state index in [-0.39, 0.29) is 12.3 Å². The summed E-state index contributed by atoms with van der Waals surface area (Å²) in [6.45, 7) is 2.44. The predicted molar refractivity (Wildman–Crippen MR) is 104 cm³/mol.